The molecule has 3 rings (SSSR count). The van der Waals surface area contributed by atoms with Gasteiger partial charge in [0.1, 0.15) is 5.75 Å². The Kier molecular flexibility index (Phi) is 3.79. The highest BCUT2D eigenvalue weighted by Gasteiger charge is 2.07. The van der Waals surface area contributed by atoms with Crippen molar-refractivity contribution in [1.29, 1.82) is 0 Å². The van der Waals surface area contributed by atoms with Crippen LogP contribution in [0.4, 0.5) is 5.13 Å². The molecule has 0 aliphatic carbocycles. The molecule has 5 nitrogen and oxygen atoms in total. The summed E-state index contributed by atoms with van der Waals surface area (Å²) in [7, 11) is 1.68. The summed E-state index contributed by atoms with van der Waals surface area (Å²) in [4.78, 5) is 4.58. The Balaban J connectivity index is 1.76. The lowest BCUT2D eigenvalue weighted by Gasteiger charge is -2.00. The zero-order chi connectivity index (χ0) is 14.8. The number of nitrogens with zero attached hydrogens (tertiary/aromatic N) is 3. The Morgan fingerprint density at radius 3 is 2.95 bits per heavy atom. The summed E-state index contributed by atoms with van der Waals surface area (Å²) >= 11 is 1.64. The first-order chi connectivity index (χ1) is 10.2. The van der Waals surface area contributed by atoms with Crippen LogP contribution in [0.5, 0.6) is 5.75 Å². The average Bonchev–Trinajstić information content (AvgIpc) is 3.06. The number of thiazole rings is 1. The standard InChI is InChI=1S/C15H18N4OS/c1-4-19-9-11(10(2)18-19)8-16-15-17-13-6-5-12(20-3)7-14(13)21-15/h5-7,9H,4,8H2,1-3H3,(H,16,17). The number of nitrogens with one attached hydrogen (secondary N) is 1. The molecule has 0 fully saturated rings. The molecule has 6 heteroatoms. The maximum absolute atomic E-state index is 5.24. The summed E-state index contributed by atoms with van der Waals surface area (Å²) in [5.41, 5.74) is 3.25. The summed E-state index contributed by atoms with van der Waals surface area (Å²) < 4.78 is 8.32. The number of benzene rings is 1. The maximum atomic E-state index is 5.24. The van der Waals surface area contributed by atoms with E-state index in [9.17, 15) is 0 Å². The molecule has 0 saturated carbocycles. The van der Waals surface area contributed by atoms with Gasteiger partial charge in [-0.25, -0.2) is 4.98 Å². The molecule has 0 amide bonds. The second-order valence-electron chi connectivity index (χ2n) is 4.80. The molecule has 1 aromatic carbocycles. The van der Waals surface area contributed by atoms with Crippen molar-refractivity contribution in [1.82, 2.24) is 14.8 Å². The highest BCUT2D eigenvalue weighted by Crippen LogP contribution is 2.29. The van der Waals surface area contributed by atoms with Crippen molar-refractivity contribution in [2.24, 2.45) is 0 Å². The van der Waals surface area contributed by atoms with E-state index in [4.69, 9.17) is 4.74 Å². The van der Waals surface area contributed by atoms with Crippen LogP contribution in [0, 0.1) is 6.92 Å². The van der Waals surface area contributed by atoms with Crippen LogP contribution in [-0.4, -0.2) is 21.9 Å². The van der Waals surface area contributed by atoms with Gasteiger partial charge in [-0.3, -0.25) is 4.68 Å². The zero-order valence-electron chi connectivity index (χ0n) is 12.4. The lowest BCUT2D eigenvalue weighted by atomic mass is 10.3. The monoisotopic (exact) mass is 302 g/mol. The third-order valence-corrected chi connectivity index (χ3v) is 4.37. The summed E-state index contributed by atoms with van der Waals surface area (Å²) in [6.07, 6.45) is 2.08. The number of aryl methyl sites for hydroxylation is 2. The van der Waals surface area contributed by atoms with E-state index in [2.05, 4.69) is 28.5 Å². The van der Waals surface area contributed by atoms with Gasteiger partial charge in [0.2, 0.25) is 0 Å². The molecule has 0 spiro atoms. The van der Waals surface area contributed by atoms with Crippen LogP contribution in [0.2, 0.25) is 0 Å². The topological polar surface area (TPSA) is 52.0 Å². The number of anilines is 1. The normalized spacial score (nSPS) is 11.0. The van der Waals surface area contributed by atoms with Crippen molar-refractivity contribution in [2.75, 3.05) is 12.4 Å². The molecule has 21 heavy (non-hydrogen) atoms. The molecular formula is C15H18N4OS. The Hall–Kier alpha value is -2.08. The third-order valence-electron chi connectivity index (χ3n) is 3.40. The van der Waals surface area contributed by atoms with E-state index >= 15 is 0 Å². The number of rotatable bonds is 5. The smallest absolute Gasteiger partial charge is 0.184 e. The molecule has 0 radical (unpaired) electrons. The first-order valence-electron chi connectivity index (χ1n) is 6.91. The first-order valence-corrected chi connectivity index (χ1v) is 7.72. The second-order valence-corrected chi connectivity index (χ2v) is 5.83. The molecular weight excluding hydrogens is 284 g/mol. The van der Waals surface area contributed by atoms with Gasteiger partial charge in [0, 0.05) is 24.8 Å². The Labute approximate surface area is 127 Å². The van der Waals surface area contributed by atoms with Crippen molar-refractivity contribution < 1.29 is 4.74 Å². The molecule has 2 aromatic heterocycles. The van der Waals surface area contributed by atoms with Crippen LogP contribution in [0.15, 0.2) is 24.4 Å². The maximum Gasteiger partial charge on any atom is 0.184 e. The van der Waals surface area contributed by atoms with Gasteiger partial charge < -0.3 is 10.1 Å². The van der Waals surface area contributed by atoms with E-state index in [1.165, 1.54) is 5.56 Å². The number of ether oxygens (including phenoxy) is 1. The fourth-order valence-corrected chi connectivity index (χ4v) is 3.06. The van der Waals surface area contributed by atoms with Gasteiger partial charge >= 0.3 is 0 Å². The van der Waals surface area contributed by atoms with Gasteiger partial charge in [-0.2, -0.15) is 5.10 Å². The van der Waals surface area contributed by atoms with Crippen LogP contribution in [0.25, 0.3) is 10.2 Å². The van der Waals surface area contributed by atoms with Gasteiger partial charge in [-0.05, 0) is 32.0 Å². The molecule has 110 valence electrons. The van der Waals surface area contributed by atoms with Crippen molar-refractivity contribution >= 4 is 26.7 Å². The minimum Gasteiger partial charge on any atom is -0.497 e. The molecule has 0 aliphatic rings. The Morgan fingerprint density at radius 1 is 1.38 bits per heavy atom. The van der Waals surface area contributed by atoms with Crippen LogP contribution >= 0.6 is 11.3 Å². The van der Waals surface area contributed by atoms with Gasteiger partial charge in [-0.15, -0.1) is 0 Å². The predicted molar refractivity (Wildman–Crippen MR) is 86.1 cm³/mol. The number of hydrogen-bond donors (Lipinski definition) is 1. The van der Waals surface area contributed by atoms with Crippen LogP contribution in [-0.2, 0) is 13.1 Å². The molecule has 2 heterocycles. The second kappa shape index (κ2) is 5.73. The molecule has 0 unspecified atom stereocenters. The Bertz CT molecular complexity index is 762. The minimum atomic E-state index is 0.739. The van der Waals surface area contributed by atoms with Crippen molar-refractivity contribution in [3.8, 4) is 5.75 Å². The molecule has 3 aromatic rings. The van der Waals surface area contributed by atoms with E-state index in [-0.39, 0.29) is 0 Å². The molecule has 0 bridgehead atoms. The average molecular weight is 302 g/mol. The van der Waals surface area contributed by atoms with E-state index in [1.54, 1.807) is 18.4 Å². The Morgan fingerprint density at radius 2 is 2.24 bits per heavy atom. The summed E-state index contributed by atoms with van der Waals surface area (Å²) in [6, 6.07) is 5.93. The van der Waals surface area contributed by atoms with Gasteiger partial charge in [-0.1, -0.05) is 11.3 Å². The summed E-state index contributed by atoms with van der Waals surface area (Å²) in [6.45, 7) is 5.75. The van der Waals surface area contributed by atoms with Crippen molar-refractivity contribution in [3.05, 3.63) is 35.7 Å². The number of hydrogen-bond acceptors (Lipinski definition) is 5. The van der Waals surface area contributed by atoms with Crippen LogP contribution < -0.4 is 10.1 Å². The van der Waals surface area contributed by atoms with E-state index in [0.29, 0.717) is 0 Å². The molecule has 1 N–H and O–H groups in total. The quantitative estimate of drug-likeness (QED) is 0.784. The van der Waals surface area contributed by atoms with Gasteiger partial charge in [0.05, 0.1) is 23.0 Å². The van der Waals surface area contributed by atoms with Crippen molar-refractivity contribution in [3.63, 3.8) is 0 Å². The molecule has 0 aliphatic heterocycles. The number of fused-ring (bicyclic) bond motifs is 1. The summed E-state index contributed by atoms with van der Waals surface area (Å²) in [5.74, 6) is 0.859. The van der Waals surface area contributed by atoms with E-state index in [0.717, 1.165) is 39.9 Å². The lowest BCUT2D eigenvalue weighted by Crippen LogP contribution is -1.99. The summed E-state index contributed by atoms with van der Waals surface area (Å²) in [5, 5.41) is 8.75. The number of aromatic nitrogens is 3. The fraction of sp³-hybridized carbons (Fsp3) is 0.333. The predicted octanol–water partition coefficient (Wildman–Crippen LogP) is 3.44. The van der Waals surface area contributed by atoms with Gasteiger partial charge in [0.15, 0.2) is 5.13 Å². The zero-order valence-corrected chi connectivity index (χ0v) is 13.2. The van der Waals surface area contributed by atoms with Crippen LogP contribution in [0.3, 0.4) is 0 Å². The van der Waals surface area contributed by atoms with Crippen LogP contribution in [0.1, 0.15) is 18.2 Å². The van der Waals surface area contributed by atoms with Crippen molar-refractivity contribution in [2.45, 2.75) is 26.9 Å². The number of methoxy groups -OCH3 is 1. The highest BCUT2D eigenvalue weighted by molar-refractivity contribution is 7.22. The van der Waals surface area contributed by atoms with E-state index < -0.39 is 0 Å². The van der Waals surface area contributed by atoms with E-state index in [1.807, 2.05) is 29.8 Å². The fourth-order valence-electron chi connectivity index (χ4n) is 2.17. The van der Waals surface area contributed by atoms with Gasteiger partial charge in [0.25, 0.3) is 0 Å². The largest absolute Gasteiger partial charge is 0.497 e. The minimum absolute atomic E-state index is 0.739. The lowest BCUT2D eigenvalue weighted by molar-refractivity contribution is 0.415. The SMILES string of the molecule is CCn1cc(CNc2nc3ccc(OC)cc3s2)c(C)n1. The highest BCUT2D eigenvalue weighted by atomic mass is 32.1. The third kappa shape index (κ3) is 2.85. The molecule has 0 saturated heterocycles. The molecule has 0 atom stereocenters. The first kappa shape index (κ1) is 13.9.